The molecule has 0 radical (unpaired) electrons. The molecule has 2 rings (SSSR count). The Labute approximate surface area is 108 Å². The van der Waals surface area contributed by atoms with Crippen molar-refractivity contribution in [1.29, 1.82) is 0 Å². The molecule has 1 fully saturated rings. The van der Waals surface area contributed by atoms with Crippen molar-refractivity contribution in [3.05, 3.63) is 18.2 Å². The van der Waals surface area contributed by atoms with Crippen molar-refractivity contribution >= 4 is 11.8 Å². The number of rotatable bonds is 5. The highest BCUT2D eigenvalue weighted by atomic mass is 32.2. The Morgan fingerprint density at radius 1 is 1.47 bits per heavy atom. The summed E-state index contributed by atoms with van der Waals surface area (Å²) >= 11 is 2.02. The molecule has 1 aliphatic rings. The molecule has 0 saturated heterocycles. The summed E-state index contributed by atoms with van der Waals surface area (Å²) in [6.07, 6.45) is 12.7. The van der Waals surface area contributed by atoms with E-state index >= 15 is 0 Å². The molecule has 1 aromatic heterocycles. The van der Waals surface area contributed by atoms with Gasteiger partial charge in [-0.25, -0.2) is 4.98 Å². The third kappa shape index (κ3) is 3.49. The molecule has 2 atom stereocenters. The maximum Gasteiger partial charge on any atom is 0.109 e. The molecule has 1 aromatic rings. The van der Waals surface area contributed by atoms with E-state index in [1.54, 1.807) is 0 Å². The van der Waals surface area contributed by atoms with Crippen LogP contribution in [0.4, 0.5) is 0 Å². The highest BCUT2D eigenvalue weighted by molar-refractivity contribution is 7.99. The Kier molecular flexibility index (Phi) is 4.92. The maximum atomic E-state index is 4.36. The van der Waals surface area contributed by atoms with E-state index in [0.717, 1.165) is 18.2 Å². The Balaban J connectivity index is 1.75. The molecular formula is C13H23N3S. The minimum absolute atomic E-state index is 0.707. The van der Waals surface area contributed by atoms with Crippen molar-refractivity contribution in [3.8, 4) is 0 Å². The van der Waals surface area contributed by atoms with Crippen LogP contribution in [0, 0.1) is 0 Å². The molecule has 0 amide bonds. The molecule has 3 nitrogen and oxygen atoms in total. The topological polar surface area (TPSA) is 29.9 Å². The van der Waals surface area contributed by atoms with Gasteiger partial charge in [0.1, 0.15) is 5.82 Å². The molecule has 0 aromatic carbocycles. The lowest BCUT2D eigenvalue weighted by molar-refractivity contribution is 0.385. The van der Waals surface area contributed by atoms with Gasteiger partial charge in [-0.3, -0.25) is 0 Å². The summed E-state index contributed by atoms with van der Waals surface area (Å²) in [7, 11) is 2.06. The van der Waals surface area contributed by atoms with Crippen molar-refractivity contribution in [2.45, 2.75) is 43.4 Å². The first kappa shape index (κ1) is 13.0. The number of thioether (sulfide) groups is 1. The SMILES string of the molecule is CSC1CCCCC1NCCc1nccn1C. The average Bonchev–Trinajstić information content (AvgIpc) is 2.76. The third-order valence-corrected chi connectivity index (χ3v) is 4.85. The van der Waals surface area contributed by atoms with E-state index < -0.39 is 0 Å². The predicted molar refractivity (Wildman–Crippen MR) is 74.5 cm³/mol. The molecule has 0 bridgehead atoms. The zero-order chi connectivity index (χ0) is 12.1. The van der Waals surface area contributed by atoms with Crippen LogP contribution in [0.25, 0.3) is 0 Å². The lowest BCUT2D eigenvalue weighted by Crippen LogP contribution is -2.41. The second-order valence-electron chi connectivity index (χ2n) is 4.82. The van der Waals surface area contributed by atoms with E-state index in [4.69, 9.17) is 0 Å². The molecular weight excluding hydrogens is 230 g/mol. The summed E-state index contributed by atoms with van der Waals surface area (Å²) in [6, 6.07) is 0.707. The maximum absolute atomic E-state index is 4.36. The van der Waals surface area contributed by atoms with Gasteiger partial charge in [-0.2, -0.15) is 11.8 Å². The van der Waals surface area contributed by atoms with Crippen molar-refractivity contribution in [2.24, 2.45) is 7.05 Å². The number of hydrogen-bond acceptors (Lipinski definition) is 3. The summed E-state index contributed by atoms with van der Waals surface area (Å²) in [4.78, 5) is 4.36. The standard InChI is InChI=1S/C13H23N3S/c1-16-10-9-15-13(16)7-8-14-11-5-3-4-6-12(11)17-2/h9-12,14H,3-8H2,1-2H3. The quantitative estimate of drug-likeness (QED) is 0.872. The average molecular weight is 253 g/mol. The van der Waals surface area contributed by atoms with E-state index in [1.807, 2.05) is 24.2 Å². The van der Waals surface area contributed by atoms with Crippen LogP contribution >= 0.6 is 11.8 Å². The predicted octanol–water partition coefficient (Wildman–Crippen LogP) is 2.23. The van der Waals surface area contributed by atoms with Gasteiger partial charge in [0.25, 0.3) is 0 Å². The summed E-state index contributed by atoms with van der Waals surface area (Å²) in [5.74, 6) is 1.18. The summed E-state index contributed by atoms with van der Waals surface area (Å²) in [6.45, 7) is 1.05. The lowest BCUT2D eigenvalue weighted by atomic mass is 9.95. The molecule has 1 N–H and O–H groups in total. The van der Waals surface area contributed by atoms with Crippen LogP contribution in [0.3, 0.4) is 0 Å². The van der Waals surface area contributed by atoms with Crippen LogP contribution < -0.4 is 5.32 Å². The molecule has 1 heterocycles. The van der Waals surface area contributed by atoms with E-state index in [0.29, 0.717) is 6.04 Å². The summed E-state index contributed by atoms with van der Waals surface area (Å²) in [5.41, 5.74) is 0. The zero-order valence-corrected chi connectivity index (χ0v) is 11.7. The highest BCUT2D eigenvalue weighted by Crippen LogP contribution is 2.26. The molecule has 0 aliphatic heterocycles. The first-order valence-corrected chi connectivity index (χ1v) is 7.82. The van der Waals surface area contributed by atoms with Gasteiger partial charge in [0.05, 0.1) is 0 Å². The van der Waals surface area contributed by atoms with Crippen molar-refractivity contribution in [2.75, 3.05) is 12.8 Å². The molecule has 4 heteroatoms. The van der Waals surface area contributed by atoms with Crippen LogP contribution in [0.15, 0.2) is 12.4 Å². The van der Waals surface area contributed by atoms with Gasteiger partial charge in [0, 0.05) is 43.7 Å². The second-order valence-corrected chi connectivity index (χ2v) is 5.90. The minimum atomic E-state index is 0.707. The van der Waals surface area contributed by atoms with Crippen LogP contribution in [0.2, 0.25) is 0 Å². The van der Waals surface area contributed by atoms with E-state index in [2.05, 4.69) is 28.2 Å². The molecule has 17 heavy (non-hydrogen) atoms. The zero-order valence-electron chi connectivity index (χ0n) is 10.9. The Hall–Kier alpha value is -0.480. The molecule has 1 saturated carbocycles. The normalized spacial score (nSPS) is 25.1. The Morgan fingerprint density at radius 3 is 3.00 bits per heavy atom. The van der Waals surface area contributed by atoms with Gasteiger partial charge in [-0.1, -0.05) is 12.8 Å². The monoisotopic (exact) mass is 253 g/mol. The lowest BCUT2D eigenvalue weighted by Gasteiger charge is -2.31. The highest BCUT2D eigenvalue weighted by Gasteiger charge is 2.23. The summed E-state index contributed by atoms with van der Waals surface area (Å²) < 4.78 is 2.11. The molecule has 0 spiro atoms. The van der Waals surface area contributed by atoms with Crippen molar-refractivity contribution in [3.63, 3.8) is 0 Å². The molecule has 2 unspecified atom stereocenters. The fourth-order valence-electron chi connectivity index (χ4n) is 2.62. The largest absolute Gasteiger partial charge is 0.338 e. The number of aromatic nitrogens is 2. The number of aryl methyl sites for hydroxylation is 1. The minimum Gasteiger partial charge on any atom is -0.338 e. The van der Waals surface area contributed by atoms with Gasteiger partial charge in [0.2, 0.25) is 0 Å². The third-order valence-electron chi connectivity index (χ3n) is 3.68. The Bertz CT molecular complexity index is 337. The first-order chi connectivity index (χ1) is 8.31. The van der Waals surface area contributed by atoms with E-state index in [9.17, 15) is 0 Å². The number of nitrogens with zero attached hydrogens (tertiary/aromatic N) is 2. The van der Waals surface area contributed by atoms with Gasteiger partial charge < -0.3 is 9.88 Å². The van der Waals surface area contributed by atoms with Crippen LogP contribution in [-0.4, -0.2) is 33.6 Å². The second kappa shape index (κ2) is 6.45. The van der Waals surface area contributed by atoms with Gasteiger partial charge in [0.15, 0.2) is 0 Å². The van der Waals surface area contributed by atoms with Crippen LogP contribution in [-0.2, 0) is 13.5 Å². The fourth-order valence-corrected chi connectivity index (χ4v) is 3.58. The van der Waals surface area contributed by atoms with Crippen molar-refractivity contribution < 1.29 is 0 Å². The Morgan fingerprint density at radius 2 is 2.29 bits per heavy atom. The number of nitrogens with one attached hydrogen (secondary N) is 1. The first-order valence-electron chi connectivity index (χ1n) is 6.53. The van der Waals surface area contributed by atoms with Crippen LogP contribution in [0.1, 0.15) is 31.5 Å². The molecule has 1 aliphatic carbocycles. The van der Waals surface area contributed by atoms with Crippen molar-refractivity contribution in [1.82, 2.24) is 14.9 Å². The van der Waals surface area contributed by atoms with Gasteiger partial charge >= 0.3 is 0 Å². The van der Waals surface area contributed by atoms with E-state index in [1.165, 1.54) is 31.5 Å². The fraction of sp³-hybridized carbons (Fsp3) is 0.769. The number of hydrogen-bond donors (Lipinski definition) is 1. The smallest absolute Gasteiger partial charge is 0.109 e. The van der Waals surface area contributed by atoms with E-state index in [-0.39, 0.29) is 0 Å². The summed E-state index contributed by atoms with van der Waals surface area (Å²) in [5, 5.41) is 4.52. The molecule has 96 valence electrons. The van der Waals surface area contributed by atoms with Gasteiger partial charge in [-0.15, -0.1) is 0 Å². The van der Waals surface area contributed by atoms with Gasteiger partial charge in [-0.05, 0) is 19.1 Å². The van der Waals surface area contributed by atoms with Crippen LogP contribution in [0.5, 0.6) is 0 Å². The number of imidazole rings is 1.